The second-order valence-corrected chi connectivity index (χ2v) is 7.02. The van der Waals surface area contributed by atoms with E-state index in [0.717, 1.165) is 5.56 Å². The molecule has 0 saturated carbocycles. The summed E-state index contributed by atoms with van der Waals surface area (Å²) in [5.74, 6) is -0.154. The molecule has 1 amide bonds. The largest absolute Gasteiger partial charge is 0.495 e. The number of methoxy groups -OCH3 is 1. The monoisotopic (exact) mass is 358 g/mol. The van der Waals surface area contributed by atoms with Gasteiger partial charge in [0.05, 0.1) is 13.2 Å². The maximum Gasteiger partial charge on any atom is 0.244 e. The molecular formula is C16H26N2O5S. The lowest BCUT2D eigenvalue weighted by Gasteiger charge is -2.16. The Kier molecular flexibility index (Phi) is 8.17. The minimum Gasteiger partial charge on any atom is -0.495 e. The second kappa shape index (κ2) is 9.61. The summed E-state index contributed by atoms with van der Waals surface area (Å²) in [6.07, 6.45) is 0.671. The average Bonchev–Trinajstić information content (AvgIpc) is 2.54. The molecule has 8 heteroatoms. The first kappa shape index (κ1) is 20.4. The van der Waals surface area contributed by atoms with Gasteiger partial charge in [-0.1, -0.05) is 6.07 Å². The summed E-state index contributed by atoms with van der Waals surface area (Å²) < 4.78 is 37.7. The van der Waals surface area contributed by atoms with Gasteiger partial charge >= 0.3 is 0 Å². The first-order valence-electron chi connectivity index (χ1n) is 7.84. The number of amides is 1. The summed E-state index contributed by atoms with van der Waals surface area (Å²) in [5, 5.41) is 2.68. The van der Waals surface area contributed by atoms with Crippen LogP contribution in [0.5, 0.6) is 5.75 Å². The fraction of sp³-hybridized carbons (Fsp3) is 0.562. The molecule has 1 aromatic rings. The highest BCUT2D eigenvalue weighted by molar-refractivity contribution is 7.89. The Morgan fingerprint density at radius 1 is 1.33 bits per heavy atom. The molecular weight excluding hydrogens is 332 g/mol. The SMILES string of the molecule is CCOCCCNC(=O)[C@H](C)NS(=O)(=O)c1cc(C)ccc1OC. The quantitative estimate of drug-likeness (QED) is 0.613. The lowest BCUT2D eigenvalue weighted by molar-refractivity contribution is -0.122. The topological polar surface area (TPSA) is 93.7 Å². The van der Waals surface area contributed by atoms with Crippen LogP contribution in [0, 0.1) is 6.92 Å². The van der Waals surface area contributed by atoms with Crippen molar-refractivity contribution in [2.45, 2.75) is 38.1 Å². The predicted octanol–water partition coefficient (Wildman–Crippen LogP) is 1.21. The van der Waals surface area contributed by atoms with Gasteiger partial charge in [-0.3, -0.25) is 4.79 Å². The van der Waals surface area contributed by atoms with Crippen molar-refractivity contribution in [2.75, 3.05) is 26.9 Å². The Labute approximate surface area is 143 Å². The summed E-state index contributed by atoms with van der Waals surface area (Å²) in [5.41, 5.74) is 0.782. The van der Waals surface area contributed by atoms with Gasteiger partial charge in [0.2, 0.25) is 15.9 Å². The van der Waals surface area contributed by atoms with E-state index in [1.165, 1.54) is 20.1 Å². The zero-order valence-electron chi connectivity index (χ0n) is 14.6. The molecule has 24 heavy (non-hydrogen) atoms. The Bertz CT molecular complexity index is 646. The fourth-order valence-corrected chi connectivity index (χ4v) is 3.48. The van der Waals surface area contributed by atoms with Gasteiger partial charge in [0, 0.05) is 19.8 Å². The van der Waals surface area contributed by atoms with Crippen LogP contribution in [-0.4, -0.2) is 47.2 Å². The van der Waals surface area contributed by atoms with E-state index in [2.05, 4.69) is 10.0 Å². The second-order valence-electron chi connectivity index (χ2n) is 5.34. The molecule has 0 bridgehead atoms. The molecule has 136 valence electrons. The molecule has 1 rings (SSSR count). The smallest absolute Gasteiger partial charge is 0.244 e. The number of ether oxygens (including phenoxy) is 2. The summed E-state index contributed by atoms with van der Waals surface area (Å²) in [6, 6.07) is 3.95. The highest BCUT2D eigenvalue weighted by Crippen LogP contribution is 2.24. The molecule has 0 unspecified atom stereocenters. The first-order valence-corrected chi connectivity index (χ1v) is 9.32. The number of benzene rings is 1. The number of hydrogen-bond acceptors (Lipinski definition) is 5. The summed E-state index contributed by atoms with van der Waals surface area (Å²) in [6.45, 7) is 6.79. The number of rotatable bonds is 10. The zero-order chi connectivity index (χ0) is 18.2. The maximum absolute atomic E-state index is 12.5. The average molecular weight is 358 g/mol. The van der Waals surface area contributed by atoms with Crippen LogP contribution >= 0.6 is 0 Å². The van der Waals surface area contributed by atoms with Crippen LogP contribution in [0.3, 0.4) is 0 Å². The normalized spacial score (nSPS) is 12.7. The molecule has 0 aliphatic carbocycles. The molecule has 7 nitrogen and oxygen atoms in total. The number of sulfonamides is 1. The van der Waals surface area contributed by atoms with Gasteiger partial charge in [0.1, 0.15) is 10.6 Å². The van der Waals surface area contributed by atoms with Crippen LogP contribution in [0.2, 0.25) is 0 Å². The van der Waals surface area contributed by atoms with Gasteiger partial charge < -0.3 is 14.8 Å². The third kappa shape index (κ3) is 6.10. The summed E-state index contributed by atoms with van der Waals surface area (Å²) in [4.78, 5) is 12.0. The van der Waals surface area contributed by atoms with Crippen LogP contribution < -0.4 is 14.8 Å². The molecule has 1 aromatic carbocycles. The van der Waals surface area contributed by atoms with E-state index in [1.54, 1.807) is 19.1 Å². The van der Waals surface area contributed by atoms with E-state index in [0.29, 0.717) is 26.2 Å². The molecule has 2 N–H and O–H groups in total. The lowest BCUT2D eigenvalue weighted by atomic mass is 10.2. The standard InChI is InChI=1S/C16H26N2O5S/c1-5-23-10-6-9-17-16(19)13(3)18-24(20,21)15-11-12(2)7-8-14(15)22-4/h7-8,11,13,18H,5-6,9-10H2,1-4H3,(H,17,19)/t13-/m0/s1. The van der Waals surface area contributed by atoms with Gasteiger partial charge in [-0.25, -0.2) is 8.42 Å². The molecule has 0 aromatic heterocycles. The predicted molar refractivity (Wildman–Crippen MR) is 91.6 cm³/mol. The first-order chi connectivity index (χ1) is 11.3. The van der Waals surface area contributed by atoms with Crippen molar-refractivity contribution in [2.24, 2.45) is 0 Å². The molecule has 0 fully saturated rings. The van der Waals surface area contributed by atoms with Crippen LogP contribution in [0.1, 0.15) is 25.8 Å². The molecule has 0 spiro atoms. The van der Waals surface area contributed by atoms with Gasteiger partial charge in [-0.15, -0.1) is 0 Å². The number of nitrogens with one attached hydrogen (secondary N) is 2. The Balaban J connectivity index is 2.69. The van der Waals surface area contributed by atoms with Crippen LogP contribution in [0.4, 0.5) is 0 Å². The van der Waals surface area contributed by atoms with Gasteiger partial charge in [0.25, 0.3) is 0 Å². The Hall–Kier alpha value is -1.64. The minimum atomic E-state index is -3.87. The molecule has 0 aliphatic heterocycles. The maximum atomic E-state index is 12.5. The van der Waals surface area contributed by atoms with Gasteiger partial charge in [0.15, 0.2) is 0 Å². The molecule has 1 atom stereocenters. The molecule has 0 radical (unpaired) electrons. The fourth-order valence-electron chi connectivity index (χ4n) is 2.03. The third-order valence-corrected chi connectivity index (χ3v) is 4.86. The van der Waals surface area contributed by atoms with E-state index in [1.807, 2.05) is 6.92 Å². The van der Waals surface area contributed by atoms with Crippen LogP contribution in [0.25, 0.3) is 0 Å². The highest BCUT2D eigenvalue weighted by atomic mass is 32.2. The van der Waals surface area contributed by atoms with Crippen molar-refractivity contribution in [3.05, 3.63) is 23.8 Å². The van der Waals surface area contributed by atoms with Crippen molar-refractivity contribution in [1.82, 2.24) is 10.0 Å². The van der Waals surface area contributed by atoms with Gasteiger partial charge in [-0.05, 0) is 44.9 Å². The number of carbonyl (C=O) groups excluding carboxylic acids is 1. The minimum absolute atomic E-state index is 0.0148. The zero-order valence-corrected chi connectivity index (χ0v) is 15.4. The Morgan fingerprint density at radius 3 is 2.67 bits per heavy atom. The van der Waals surface area contributed by atoms with Crippen molar-refractivity contribution in [1.29, 1.82) is 0 Å². The van der Waals surface area contributed by atoms with Gasteiger partial charge in [-0.2, -0.15) is 4.72 Å². The lowest BCUT2D eigenvalue weighted by Crippen LogP contribution is -2.45. The number of carbonyl (C=O) groups is 1. The van der Waals surface area contributed by atoms with E-state index in [9.17, 15) is 13.2 Å². The van der Waals surface area contributed by atoms with Crippen molar-refractivity contribution >= 4 is 15.9 Å². The van der Waals surface area contributed by atoms with Crippen molar-refractivity contribution in [3.8, 4) is 5.75 Å². The Morgan fingerprint density at radius 2 is 2.04 bits per heavy atom. The highest BCUT2D eigenvalue weighted by Gasteiger charge is 2.24. The van der Waals surface area contributed by atoms with Crippen LogP contribution in [0.15, 0.2) is 23.1 Å². The van der Waals surface area contributed by atoms with E-state index in [-0.39, 0.29) is 16.6 Å². The molecule has 0 aliphatic rings. The third-order valence-electron chi connectivity index (χ3n) is 3.30. The summed E-state index contributed by atoms with van der Waals surface area (Å²) >= 11 is 0. The summed E-state index contributed by atoms with van der Waals surface area (Å²) in [7, 11) is -2.47. The van der Waals surface area contributed by atoms with E-state index in [4.69, 9.17) is 9.47 Å². The molecule has 0 saturated heterocycles. The van der Waals surface area contributed by atoms with E-state index >= 15 is 0 Å². The number of aryl methyl sites for hydroxylation is 1. The van der Waals surface area contributed by atoms with Crippen molar-refractivity contribution in [3.63, 3.8) is 0 Å². The van der Waals surface area contributed by atoms with E-state index < -0.39 is 16.1 Å². The van der Waals surface area contributed by atoms with Crippen molar-refractivity contribution < 1.29 is 22.7 Å². The molecule has 0 heterocycles. The van der Waals surface area contributed by atoms with Crippen LogP contribution in [-0.2, 0) is 19.6 Å². The number of hydrogen-bond donors (Lipinski definition) is 2.